The van der Waals surface area contributed by atoms with Gasteiger partial charge in [0.05, 0.1) is 0 Å². The zero-order valence-corrected chi connectivity index (χ0v) is 10.4. The van der Waals surface area contributed by atoms with E-state index in [-0.39, 0.29) is 12.5 Å². The standard InChI is InChI=1S/C11H14F2N2O2S/c12-8-2-1-3-10(11(8)13)18(16,17)15-9(6-14)7-4-5-7/h1-3,7,9,15H,4-6,14H2/t9-/m1/s1. The van der Waals surface area contributed by atoms with Gasteiger partial charge in [-0.25, -0.2) is 21.9 Å². The van der Waals surface area contributed by atoms with Crippen LogP contribution in [0.4, 0.5) is 8.78 Å². The van der Waals surface area contributed by atoms with E-state index in [4.69, 9.17) is 5.73 Å². The summed E-state index contributed by atoms with van der Waals surface area (Å²) in [7, 11) is -4.07. The van der Waals surface area contributed by atoms with E-state index in [0.717, 1.165) is 31.0 Å². The predicted molar refractivity (Wildman–Crippen MR) is 62.2 cm³/mol. The van der Waals surface area contributed by atoms with Gasteiger partial charge in [-0.05, 0) is 30.9 Å². The third-order valence-corrected chi connectivity index (χ3v) is 4.46. The van der Waals surface area contributed by atoms with Crippen LogP contribution in [0.25, 0.3) is 0 Å². The van der Waals surface area contributed by atoms with Gasteiger partial charge in [0.2, 0.25) is 10.0 Å². The van der Waals surface area contributed by atoms with Crippen LogP contribution in [-0.2, 0) is 10.0 Å². The summed E-state index contributed by atoms with van der Waals surface area (Å²) in [4.78, 5) is -0.679. The molecule has 1 atom stereocenters. The number of rotatable bonds is 5. The number of halogens is 2. The van der Waals surface area contributed by atoms with E-state index in [0.29, 0.717) is 0 Å². The quantitative estimate of drug-likeness (QED) is 0.842. The number of benzene rings is 1. The van der Waals surface area contributed by atoms with E-state index in [1.807, 2.05) is 0 Å². The lowest BCUT2D eigenvalue weighted by Gasteiger charge is -2.16. The molecule has 0 saturated heterocycles. The van der Waals surface area contributed by atoms with Crippen LogP contribution in [-0.4, -0.2) is 21.0 Å². The highest BCUT2D eigenvalue weighted by Crippen LogP contribution is 2.33. The molecule has 0 radical (unpaired) electrons. The highest BCUT2D eigenvalue weighted by atomic mass is 32.2. The van der Waals surface area contributed by atoms with Crippen LogP contribution < -0.4 is 10.5 Å². The van der Waals surface area contributed by atoms with Gasteiger partial charge in [0.15, 0.2) is 11.6 Å². The number of hydrogen-bond acceptors (Lipinski definition) is 3. The molecule has 0 amide bonds. The summed E-state index contributed by atoms with van der Waals surface area (Å²) in [6, 6.07) is 2.64. The summed E-state index contributed by atoms with van der Waals surface area (Å²) in [6.07, 6.45) is 1.80. The molecule has 1 aliphatic carbocycles. The molecule has 0 bridgehead atoms. The van der Waals surface area contributed by atoms with Crippen LogP contribution in [0.3, 0.4) is 0 Å². The fourth-order valence-electron chi connectivity index (χ4n) is 1.79. The van der Waals surface area contributed by atoms with E-state index in [9.17, 15) is 17.2 Å². The molecule has 3 N–H and O–H groups in total. The lowest BCUT2D eigenvalue weighted by atomic mass is 10.2. The molecule has 4 nitrogen and oxygen atoms in total. The van der Waals surface area contributed by atoms with Crippen molar-refractivity contribution < 1.29 is 17.2 Å². The summed E-state index contributed by atoms with van der Waals surface area (Å²) in [5.41, 5.74) is 5.47. The van der Waals surface area contributed by atoms with Gasteiger partial charge < -0.3 is 5.73 Å². The minimum Gasteiger partial charge on any atom is -0.329 e. The molecule has 0 aromatic heterocycles. The summed E-state index contributed by atoms with van der Waals surface area (Å²) in [5, 5.41) is 0. The third kappa shape index (κ3) is 2.68. The largest absolute Gasteiger partial charge is 0.329 e. The summed E-state index contributed by atoms with van der Waals surface area (Å²) in [5.74, 6) is -2.36. The van der Waals surface area contributed by atoms with Crippen LogP contribution in [0.15, 0.2) is 23.1 Å². The van der Waals surface area contributed by atoms with Crippen molar-refractivity contribution in [3.05, 3.63) is 29.8 Å². The first-order chi connectivity index (χ1) is 8.45. The Kier molecular flexibility index (Phi) is 3.65. The molecule has 7 heteroatoms. The maximum atomic E-state index is 13.4. The van der Waals surface area contributed by atoms with Crippen molar-refractivity contribution in [3.63, 3.8) is 0 Å². The fourth-order valence-corrected chi connectivity index (χ4v) is 3.20. The Morgan fingerprint density at radius 1 is 1.39 bits per heavy atom. The van der Waals surface area contributed by atoms with Gasteiger partial charge in [0.25, 0.3) is 0 Å². The zero-order chi connectivity index (χ0) is 13.3. The highest BCUT2D eigenvalue weighted by molar-refractivity contribution is 7.89. The number of sulfonamides is 1. The van der Waals surface area contributed by atoms with E-state index < -0.39 is 32.6 Å². The highest BCUT2D eigenvalue weighted by Gasteiger charge is 2.34. The Labute approximate surface area is 104 Å². The van der Waals surface area contributed by atoms with Gasteiger partial charge in [-0.2, -0.15) is 0 Å². The minimum absolute atomic E-state index is 0.140. The molecule has 0 heterocycles. The molecule has 1 aliphatic rings. The monoisotopic (exact) mass is 276 g/mol. The first-order valence-corrected chi connectivity index (χ1v) is 7.10. The minimum atomic E-state index is -4.07. The molecule has 100 valence electrons. The fraction of sp³-hybridized carbons (Fsp3) is 0.455. The molecule has 1 fully saturated rings. The second-order valence-electron chi connectivity index (χ2n) is 4.35. The number of hydrogen-bond donors (Lipinski definition) is 2. The van der Waals surface area contributed by atoms with Crippen LogP contribution in [0.2, 0.25) is 0 Å². The molecule has 1 aromatic carbocycles. The Bertz CT molecular complexity index is 544. The van der Waals surface area contributed by atoms with Gasteiger partial charge >= 0.3 is 0 Å². The molecule has 2 rings (SSSR count). The molecule has 0 aliphatic heterocycles. The summed E-state index contributed by atoms with van der Waals surface area (Å²) < 4.78 is 52.6. The first kappa shape index (κ1) is 13.4. The maximum Gasteiger partial charge on any atom is 0.243 e. The summed E-state index contributed by atoms with van der Waals surface area (Å²) in [6.45, 7) is 0.140. The van der Waals surface area contributed by atoms with Crippen molar-refractivity contribution in [1.82, 2.24) is 4.72 Å². The lowest BCUT2D eigenvalue weighted by molar-refractivity contribution is 0.476. The van der Waals surface area contributed by atoms with Crippen molar-refractivity contribution in [3.8, 4) is 0 Å². The molecule has 1 aromatic rings. The van der Waals surface area contributed by atoms with E-state index in [2.05, 4.69) is 4.72 Å². The lowest BCUT2D eigenvalue weighted by Crippen LogP contribution is -2.41. The van der Waals surface area contributed by atoms with E-state index in [1.165, 1.54) is 0 Å². The van der Waals surface area contributed by atoms with Crippen LogP contribution in [0.5, 0.6) is 0 Å². The molecular formula is C11H14F2N2O2S. The van der Waals surface area contributed by atoms with E-state index >= 15 is 0 Å². The second kappa shape index (κ2) is 4.91. The maximum absolute atomic E-state index is 13.4. The van der Waals surface area contributed by atoms with Crippen molar-refractivity contribution in [2.45, 2.75) is 23.8 Å². The Balaban J connectivity index is 2.27. The Morgan fingerprint density at radius 2 is 2.06 bits per heavy atom. The topological polar surface area (TPSA) is 72.2 Å². The average molecular weight is 276 g/mol. The number of nitrogens with one attached hydrogen (secondary N) is 1. The van der Waals surface area contributed by atoms with Gasteiger partial charge in [-0.1, -0.05) is 6.07 Å². The van der Waals surface area contributed by atoms with Crippen LogP contribution in [0.1, 0.15) is 12.8 Å². The second-order valence-corrected chi connectivity index (χ2v) is 6.04. The smallest absolute Gasteiger partial charge is 0.243 e. The SMILES string of the molecule is NC[C@@H](NS(=O)(=O)c1cccc(F)c1F)C1CC1. The van der Waals surface area contributed by atoms with Crippen molar-refractivity contribution in [2.75, 3.05) is 6.54 Å². The molecule has 0 spiro atoms. The van der Waals surface area contributed by atoms with Gasteiger partial charge in [-0.15, -0.1) is 0 Å². The van der Waals surface area contributed by atoms with Crippen molar-refractivity contribution in [1.29, 1.82) is 0 Å². The average Bonchev–Trinajstić information content (AvgIpc) is 3.13. The Morgan fingerprint density at radius 3 is 2.61 bits per heavy atom. The normalized spacial score (nSPS) is 17.7. The van der Waals surface area contributed by atoms with Gasteiger partial charge in [-0.3, -0.25) is 0 Å². The summed E-state index contributed by atoms with van der Waals surface area (Å²) >= 11 is 0. The van der Waals surface area contributed by atoms with Gasteiger partial charge in [0, 0.05) is 12.6 Å². The molecular weight excluding hydrogens is 262 g/mol. The molecule has 0 unspecified atom stereocenters. The third-order valence-electron chi connectivity index (χ3n) is 2.96. The number of nitrogens with two attached hydrogens (primary N) is 1. The first-order valence-electron chi connectivity index (χ1n) is 5.62. The molecule has 18 heavy (non-hydrogen) atoms. The zero-order valence-electron chi connectivity index (χ0n) is 9.57. The molecule has 1 saturated carbocycles. The van der Waals surface area contributed by atoms with E-state index in [1.54, 1.807) is 0 Å². The van der Waals surface area contributed by atoms with Crippen molar-refractivity contribution >= 4 is 10.0 Å². The van der Waals surface area contributed by atoms with Gasteiger partial charge in [0.1, 0.15) is 4.90 Å². The van der Waals surface area contributed by atoms with Crippen LogP contribution in [0, 0.1) is 17.6 Å². The Hall–Kier alpha value is -1.05. The predicted octanol–water partition coefficient (Wildman–Crippen LogP) is 0.980. The van der Waals surface area contributed by atoms with Crippen LogP contribution >= 0.6 is 0 Å². The van der Waals surface area contributed by atoms with Crippen molar-refractivity contribution in [2.24, 2.45) is 11.7 Å².